The summed E-state index contributed by atoms with van der Waals surface area (Å²) in [6.07, 6.45) is 6.98. The van der Waals surface area contributed by atoms with Crippen molar-refractivity contribution in [1.29, 1.82) is 0 Å². The standard InChI is InChI=1S/C15H23N3O/c1-15(2,16)14-17-13(19-18-14)12-10-4-8-3-9(6-10)7-11(12)5-8/h8-12H,3-7,16H2,1-2H3. The molecule has 0 radical (unpaired) electrons. The molecule has 4 fully saturated rings. The highest BCUT2D eigenvalue weighted by Gasteiger charge is 2.50. The zero-order valence-electron chi connectivity index (χ0n) is 11.8. The van der Waals surface area contributed by atoms with Crippen LogP contribution in [0.3, 0.4) is 0 Å². The molecule has 0 aliphatic heterocycles. The fraction of sp³-hybridized carbons (Fsp3) is 0.867. The summed E-state index contributed by atoms with van der Waals surface area (Å²) in [5, 5.41) is 4.11. The predicted molar refractivity (Wildman–Crippen MR) is 71.3 cm³/mol. The highest BCUT2D eigenvalue weighted by atomic mass is 16.5. The highest BCUT2D eigenvalue weighted by Crippen LogP contribution is 2.59. The lowest BCUT2D eigenvalue weighted by molar-refractivity contribution is -0.0131. The Morgan fingerprint density at radius 3 is 2.11 bits per heavy atom. The minimum atomic E-state index is -0.506. The van der Waals surface area contributed by atoms with Gasteiger partial charge in [0.05, 0.1) is 5.54 Å². The fourth-order valence-electron chi connectivity index (χ4n) is 4.96. The maximum absolute atomic E-state index is 6.06. The average molecular weight is 261 g/mol. The van der Waals surface area contributed by atoms with Gasteiger partial charge < -0.3 is 10.3 Å². The minimum absolute atomic E-state index is 0.506. The highest BCUT2D eigenvalue weighted by molar-refractivity contribution is 5.10. The van der Waals surface area contributed by atoms with E-state index in [9.17, 15) is 0 Å². The monoisotopic (exact) mass is 261 g/mol. The molecule has 0 aromatic carbocycles. The smallest absolute Gasteiger partial charge is 0.230 e. The van der Waals surface area contributed by atoms with Gasteiger partial charge in [0.15, 0.2) is 5.82 Å². The van der Waals surface area contributed by atoms with Crippen LogP contribution in [0.1, 0.15) is 63.6 Å². The van der Waals surface area contributed by atoms with Crippen LogP contribution in [0.2, 0.25) is 0 Å². The van der Waals surface area contributed by atoms with Crippen LogP contribution in [-0.2, 0) is 5.54 Å². The summed E-state index contributed by atoms with van der Waals surface area (Å²) in [5.41, 5.74) is 5.55. The first kappa shape index (κ1) is 11.9. The van der Waals surface area contributed by atoms with Gasteiger partial charge in [0.2, 0.25) is 5.89 Å². The minimum Gasteiger partial charge on any atom is -0.339 e. The summed E-state index contributed by atoms with van der Waals surface area (Å²) < 4.78 is 5.58. The molecule has 4 bridgehead atoms. The molecule has 4 aliphatic carbocycles. The Hall–Kier alpha value is -0.900. The molecule has 0 atom stereocenters. The zero-order chi connectivity index (χ0) is 13.2. The van der Waals surface area contributed by atoms with Gasteiger partial charge in [-0.2, -0.15) is 4.98 Å². The van der Waals surface area contributed by atoms with Crippen molar-refractivity contribution < 1.29 is 4.52 Å². The maximum atomic E-state index is 6.06. The lowest BCUT2D eigenvalue weighted by Crippen LogP contribution is -2.44. The van der Waals surface area contributed by atoms with Crippen LogP contribution in [0.15, 0.2) is 4.52 Å². The van der Waals surface area contributed by atoms with E-state index in [1.165, 1.54) is 32.1 Å². The molecule has 4 aliphatic rings. The zero-order valence-corrected chi connectivity index (χ0v) is 11.8. The van der Waals surface area contributed by atoms with Crippen molar-refractivity contribution in [2.45, 2.75) is 57.4 Å². The van der Waals surface area contributed by atoms with Gasteiger partial charge in [-0.25, -0.2) is 0 Å². The summed E-state index contributed by atoms with van der Waals surface area (Å²) >= 11 is 0. The normalized spacial score (nSPS) is 40.9. The summed E-state index contributed by atoms with van der Waals surface area (Å²) in [5.74, 6) is 5.55. The largest absolute Gasteiger partial charge is 0.339 e. The average Bonchev–Trinajstić information content (AvgIpc) is 2.76. The predicted octanol–water partition coefficient (Wildman–Crippen LogP) is 2.80. The Kier molecular flexibility index (Phi) is 2.39. The van der Waals surface area contributed by atoms with Crippen molar-refractivity contribution in [2.75, 3.05) is 0 Å². The Bertz CT molecular complexity index is 460. The lowest BCUT2D eigenvalue weighted by Gasteiger charge is -2.53. The molecule has 4 saturated carbocycles. The summed E-state index contributed by atoms with van der Waals surface area (Å²) in [6.45, 7) is 3.86. The first-order valence-corrected chi connectivity index (χ1v) is 7.63. The van der Waals surface area contributed by atoms with Crippen LogP contribution < -0.4 is 5.73 Å². The van der Waals surface area contributed by atoms with E-state index < -0.39 is 5.54 Å². The number of aromatic nitrogens is 2. The second kappa shape index (κ2) is 3.81. The SMILES string of the molecule is CC(C)(N)c1noc(C2C3CC4CC(C3)CC2C4)n1. The molecule has 1 aromatic heterocycles. The van der Waals surface area contributed by atoms with E-state index in [1.54, 1.807) is 0 Å². The molecule has 1 heterocycles. The van der Waals surface area contributed by atoms with E-state index in [0.29, 0.717) is 11.7 Å². The first-order chi connectivity index (χ1) is 9.00. The van der Waals surface area contributed by atoms with Gasteiger partial charge >= 0.3 is 0 Å². The first-order valence-electron chi connectivity index (χ1n) is 7.63. The second-order valence-electron chi connectivity index (χ2n) is 7.63. The van der Waals surface area contributed by atoms with E-state index in [2.05, 4.69) is 10.1 Å². The third kappa shape index (κ3) is 1.83. The van der Waals surface area contributed by atoms with E-state index in [0.717, 1.165) is 29.6 Å². The fourth-order valence-corrected chi connectivity index (χ4v) is 4.96. The van der Waals surface area contributed by atoms with Crippen LogP contribution in [0.4, 0.5) is 0 Å². The molecule has 2 N–H and O–H groups in total. The molecule has 0 spiro atoms. The number of nitrogens with zero attached hydrogens (tertiary/aromatic N) is 2. The summed E-state index contributed by atoms with van der Waals surface area (Å²) in [7, 11) is 0. The van der Waals surface area contributed by atoms with Gasteiger partial charge in [-0.05, 0) is 69.6 Å². The Morgan fingerprint density at radius 2 is 1.63 bits per heavy atom. The van der Waals surface area contributed by atoms with Gasteiger partial charge in [-0.15, -0.1) is 0 Å². The topological polar surface area (TPSA) is 64.9 Å². The molecule has 1 aromatic rings. The summed E-state index contributed by atoms with van der Waals surface area (Å²) in [6, 6.07) is 0. The number of hydrogen-bond donors (Lipinski definition) is 1. The lowest BCUT2D eigenvalue weighted by atomic mass is 9.52. The molecule has 0 amide bonds. The van der Waals surface area contributed by atoms with E-state index in [-0.39, 0.29) is 0 Å². The molecule has 4 heteroatoms. The maximum Gasteiger partial charge on any atom is 0.230 e. The van der Waals surface area contributed by atoms with E-state index >= 15 is 0 Å². The molecule has 0 unspecified atom stereocenters. The molecule has 0 saturated heterocycles. The third-order valence-corrected chi connectivity index (χ3v) is 5.53. The van der Waals surface area contributed by atoms with Gasteiger partial charge in [0.25, 0.3) is 0 Å². The number of hydrogen-bond acceptors (Lipinski definition) is 4. The Morgan fingerprint density at radius 1 is 1.05 bits per heavy atom. The third-order valence-electron chi connectivity index (χ3n) is 5.53. The van der Waals surface area contributed by atoms with Crippen molar-refractivity contribution in [3.8, 4) is 0 Å². The van der Waals surface area contributed by atoms with Crippen molar-refractivity contribution >= 4 is 0 Å². The molecule has 5 rings (SSSR count). The van der Waals surface area contributed by atoms with Gasteiger partial charge in [-0.1, -0.05) is 5.16 Å². The Balaban J connectivity index is 1.64. The van der Waals surface area contributed by atoms with Crippen molar-refractivity contribution in [2.24, 2.45) is 29.4 Å². The molecule has 4 nitrogen and oxygen atoms in total. The number of rotatable bonds is 2. The summed E-state index contributed by atoms with van der Waals surface area (Å²) in [4.78, 5) is 4.62. The number of nitrogens with two attached hydrogens (primary N) is 1. The van der Waals surface area contributed by atoms with Gasteiger partial charge in [0, 0.05) is 5.92 Å². The van der Waals surface area contributed by atoms with Crippen molar-refractivity contribution in [1.82, 2.24) is 10.1 Å². The van der Waals surface area contributed by atoms with Crippen LogP contribution in [-0.4, -0.2) is 10.1 Å². The quantitative estimate of drug-likeness (QED) is 0.889. The van der Waals surface area contributed by atoms with E-state index in [1.807, 2.05) is 13.8 Å². The van der Waals surface area contributed by atoms with Crippen molar-refractivity contribution in [3.05, 3.63) is 11.7 Å². The van der Waals surface area contributed by atoms with Crippen LogP contribution in [0.5, 0.6) is 0 Å². The van der Waals surface area contributed by atoms with Crippen molar-refractivity contribution in [3.63, 3.8) is 0 Å². The molecular weight excluding hydrogens is 238 g/mol. The van der Waals surface area contributed by atoms with E-state index in [4.69, 9.17) is 10.3 Å². The second-order valence-corrected chi connectivity index (χ2v) is 7.63. The molecule has 19 heavy (non-hydrogen) atoms. The Labute approximate surface area is 114 Å². The van der Waals surface area contributed by atoms with Crippen LogP contribution >= 0.6 is 0 Å². The van der Waals surface area contributed by atoms with Crippen LogP contribution in [0, 0.1) is 23.7 Å². The van der Waals surface area contributed by atoms with Gasteiger partial charge in [-0.3, -0.25) is 0 Å². The molecular formula is C15H23N3O. The van der Waals surface area contributed by atoms with Crippen LogP contribution in [0.25, 0.3) is 0 Å². The molecule has 104 valence electrons. The van der Waals surface area contributed by atoms with Gasteiger partial charge in [0.1, 0.15) is 0 Å².